The first-order valence-electron chi connectivity index (χ1n) is 9.97. The van der Waals surface area contributed by atoms with Crippen LogP contribution < -0.4 is 19.5 Å². The molecule has 8 heteroatoms. The molecular formula is C23H25NO5S2. The first-order valence-corrected chi connectivity index (χ1v) is 11.2. The van der Waals surface area contributed by atoms with Crippen LogP contribution in [0.15, 0.2) is 47.4 Å². The molecule has 1 amide bonds. The van der Waals surface area contributed by atoms with Gasteiger partial charge in [-0.15, -0.1) is 0 Å². The molecule has 0 saturated carbocycles. The van der Waals surface area contributed by atoms with Crippen molar-refractivity contribution >= 4 is 40.3 Å². The minimum Gasteiger partial charge on any atom is -0.491 e. The molecule has 3 rings (SSSR count). The van der Waals surface area contributed by atoms with Crippen molar-refractivity contribution < 1.29 is 23.7 Å². The molecule has 0 radical (unpaired) electrons. The van der Waals surface area contributed by atoms with Crippen molar-refractivity contribution in [3.8, 4) is 17.2 Å². The van der Waals surface area contributed by atoms with E-state index in [-0.39, 0.29) is 5.91 Å². The fraction of sp³-hybridized carbons (Fsp3) is 0.304. The topological polar surface area (TPSA) is 66.0 Å². The van der Waals surface area contributed by atoms with E-state index < -0.39 is 0 Å². The Labute approximate surface area is 191 Å². The summed E-state index contributed by atoms with van der Waals surface area (Å²) in [6.07, 6.45) is 1.78. The van der Waals surface area contributed by atoms with Gasteiger partial charge in [0.05, 0.1) is 24.7 Å². The Kier molecular flexibility index (Phi) is 8.75. The Balaban J connectivity index is 1.46. The molecule has 6 nitrogen and oxygen atoms in total. The van der Waals surface area contributed by atoms with Gasteiger partial charge in [-0.2, -0.15) is 0 Å². The number of thioether (sulfide) groups is 1. The van der Waals surface area contributed by atoms with Crippen LogP contribution in [0.2, 0.25) is 0 Å². The van der Waals surface area contributed by atoms with E-state index in [0.717, 1.165) is 16.9 Å². The van der Waals surface area contributed by atoms with Gasteiger partial charge in [0.2, 0.25) is 0 Å². The molecule has 1 aliphatic rings. The van der Waals surface area contributed by atoms with Gasteiger partial charge in [-0.05, 0) is 49.2 Å². The van der Waals surface area contributed by atoms with Crippen LogP contribution in [0.25, 0.3) is 6.08 Å². The largest absolute Gasteiger partial charge is 0.491 e. The molecule has 0 spiro atoms. The lowest BCUT2D eigenvalue weighted by Gasteiger charge is -2.13. The number of amides is 1. The highest BCUT2D eigenvalue weighted by molar-refractivity contribution is 8.26. The number of benzene rings is 2. The van der Waals surface area contributed by atoms with E-state index >= 15 is 0 Å². The van der Waals surface area contributed by atoms with Crippen molar-refractivity contribution in [2.45, 2.75) is 13.8 Å². The number of aryl methyl sites for hydroxylation is 1. The second-order valence-corrected chi connectivity index (χ2v) is 8.29. The Hall–Kier alpha value is -2.55. The third-order valence-electron chi connectivity index (χ3n) is 4.27. The number of carbonyl (C=O) groups excluding carboxylic acids is 1. The van der Waals surface area contributed by atoms with Crippen molar-refractivity contribution in [1.29, 1.82) is 0 Å². The van der Waals surface area contributed by atoms with Crippen LogP contribution in [-0.4, -0.2) is 43.3 Å². The van der Waals surface area contributed by atoms with Gasteiger partial charge in [-0.1, -0.05) is 48.2 Å². The van der Waals surface area contributed by atoms with Gasteiger partial charge in [0.25, 0.3) is 5.91 Å². The molecular weight excluding hydrogens is 434 g/mol. The third kappa shape index (κ3) is 6.99. The molecule has 31 heavy (non-hydrogen) atoms. The quantitative estimate of drug-likeness (QED) is 0.304. The molecule has 0 aliphatic carbocycles. The van der Waals surface area contributed by atoms with Crippen LogP contribution in [0.3, 0.4) is 0 Å². The summed E-state index contributed by atoms with van der Waals surface area (Å²) in [5.41, 5.74) is 1.94. The van der Waals surface area contributed by atoms with Crippen LogP contribution in [-0.2, 0) is 9.53 Å². The zero-order valence-corrected chi connectivity index (χ0v) is 19.1. The monoisotopic (exact) mass is 459 g/mol. The zero-order valence-electron chi connectivity index (χ0n) is 17.5. The number of hydrogen-bond donors (Lipinski definition) is 1. The highest BCUT2D eigenvalue weighted by Gasteiger charge is 2.22. The molecule has 2 aromatic rings. The predicted octanol–water partition coefficient (Wildman–Crippen LogP) is 4.36. The number of rotatable bonds is 11. The summed E-state index contributed by atoms with van der Waals surface area (Å²) in [6.45, 7) is 6.20. The number of nitrogens with one attached hydrogen (secondary N) is 1. The van der Waals surface area contributed by atoms with Crippen LogP contribution >= 0.6 is 24.0 Å². The molecule has 1 fully saturated rings. The van der Waals surface area contributed by atoms with E-state index in [1.165, 1.54) is 11.8 Å². The summed E-state index contributed by atoms with van der Waals surface area (Å²) in [5, 5.41) is 2.61. The Morgan fingerprint density at radius 1 is 0.968 bits per heavy atom. The van der Waals surface area contributed by atoms with Crippen molar-refractivity contribution in [3.05, 3.63) is 58.5 Å². The lowest BCUT2D eigenvalue weighted by atomic mass is 10.2. The normalized spacial score (nSPS) is 14.6. The fourth-order valence-electron chi connectivity index (χ4n) is 2.82. The van der Waals surface area contributed by atoms with Crippen molar-refractivity contribution in [3.63, 3.8) is 0 Å². The van der Waals surface area contributed by atoms with E-state index in [2.05, 4.69) is 5.32 Å². The standard InChI is InChI=1S/C23H25NO5S2/c1-3-27-20-14-17(15-21-22(25)24-23(30)31-21)8-9-19(20)29-13-11-26-10-12-28-18-7-5-4-6-16(18)2/h4-9,14-15H,3,10-13H2,1-2H3,(H,24,25,30)/b21-15-. The lowest BCUT2D eigenvalue weighted by Crippen LogP contribution is -2.17. The number of thiocarbonyl (C=S) groups is 1. The van der Waals surface area contributed by atoms with E-state index in [9.17, 15) is 4.79 Å². The maximum atomic E-state index is 11.8. The maximum Gasteiger partial charge on any atom is 0.263 e. The smallest absolute Gasteiger partial charge is 0.263 e. The molecule has 1 heterocycles. The molecule has 1 saturated heterocycles. The summed E-state index contributed by atoms with van der Waals surface area (Å²) in [4.78, 5) is 12.4. The molecule has 1 aliphatic heterocycles. The number of hydrogen-bond acceptors (Lipinski definition) is 7. The third-order valence-corrected chi connectivity index (χ3v) is 5.43. The summed E-state index contributed by atoms with van der Waals surface area (Å²) in [7, 11) is 0. The average Bonchev–Trinajstić information content (AvgIpc) is 3.06. The molecule has 0 bridgehead atoms. The Morgan fingerprint density at radius 2 is 1.71 bits per heavy atom. The molecule has 1 N–H and O–H groups in total. The van der Waals surface area contributed by atoms with Gasteiger partial charge in [0, 0.05) is 0 Å². The van der Waals surface area contributed by atoms with Gasteiger partial charge in [-0.3, -0.25) is 4.79 Å². The van der Waals surface area contributed by atoms with Gasteiger partial charge >= 0.3 is 0 Å². The van der Waals surface area contributed by atoms with Crippen molar-refractivity contribution in [2.75, 3.05) is 33.0 Å². The summed E-state index contributed by atoms with van der Waals surface area (Å²) < 4.78 is 23.3. The first-order chi connectivity index (χ1) is 15.1. The van der Waals surface area contributed by atoms with E-state index in [1.54, 1.807) is 6.08 Å². The van der Waals surface area contributed by atoms with E-state index in [4.69, 9.17) is 31.2 Å². The number of ether oxygens (including phenoxy) is 4. The number of para-hydroxylation sites is 1. The Morgan fingerprint density at radius 3 is 2.39 bits per heavy atom. The zero-order chi connectivity index (χ0) is 22.1. The Bertz CT molecular complexity index is 961. The highest BCUT2D eigenvalue weighted by atomic mass is 32.2. The second kappa shape index (κ2) is 11.7. The molecule has 0 unspecified atom stereocenters. The van der Waals surface area contributed by atoms with Crippen LogP contribution in [0, 0.1) is 6.92 Å². The molecule has 0 atom stereocenters. The SMILES string of the molecule is CCOc1cc(/C=C2\SC(=S)NC2=O)ccc1OCCOCCOc1ccccc1C. The minimum absolute atomic E-state index is 0.183. The van der Waals surface area contributed by atoms with Gasteiger partial charge in [-0.25, -0.2) is 0 Å². The van der Waals surface area contributed by atoms with E-state index in [0.29, 0.717) is 53.8 Å². The van der Waals surface area contributed by atoms with Crippen molar-refractivity contribution in [2.24, 2.45) is 0 Å². The minimum atomic E-state index is -0.183. The summed E-state index contributed by atoms with van der Waals surface area (Å²) in [5.74, 6) is 1.93. The predicted molar refractivity (Wildman–Crippen MR) is 127 cm³/mol. The van der Waals surface area contributed by atoms with Crippen molar-refractivity contribution in [1.82, 2.24) is 5.32 Å². The molecule has 0 aromatic heterocycles. The fourth-order valence-corrected chi connectivity index (χ4v) is 3.86. The van der Waals surface area contributed by atoms with E-state index in [1.807, 2.05) is 56.3 Å². The second-order valence-electron chi connectivity index (χ2n) is 6.57. The maximum absolute atomic E-state index is 11.8. The van der Waals surface area contributed by atoms with Crippen LogP contribution in [0.1, 0.15) is 18.1 Å². The summed E-state index contributed by atoms with van der Waals surface area (Å²) in [6, 6.07) is 13.4. The summed E-state index contributed by atoms with van der Waals surface area (Å²) >= 11 is 6.27. The average molecular weight is 460 g/mol. The highest BCUT2D eigenvalue weighted by Crippen LogP contribution is 2.31. The van der Waals surface area contributed by atoms with Gasteiger partial charge in [0.15, 0.2) is 11.5 Å². The molecule has 164 valence electrons. The van der Waals surface area contributed by atoms with Crippen LogP contribution in [0.5, 0.6) is 17.2 Å². The van der Waals surface area contributed by atoms with Crippen LogP contribution in [0.4, 0.5) is 0 Å². The first kappa shape index (κ1) is 23.1. The van der Waals surface area contributed by atoms with Gasteiger partial charge < -0.3 is 24.3 Å². The lowest BCUT2D eigenvalue weighted by molar-refractivity contribution is -0.115. The van der Waals surface area contributed by atoms with Gasteiger partial charge in [0.1, 0.15) is 23.3 Å². The molecule has 2 aromatic carbocycles. The number of carbonyl (C=O) groups is 1.